The number of anilines is 1. The average Bonchev–Trinajstić information content (AvgIpc) is 2.38. The lowest BCUT2D eigenvalue weighted by molar-refractivity contribution is 0.102. The number of rotatable bonds is 2. The molecule has 3 nitrogen and oxygen atoms in total. The second-order valence-electron chi connectivity index (χ2n) is 4.19. The van der Waals surface area contributed by atoms with Gasteiger partial charge in [-0.2, -0.15) is 5.26 Å². The number of nitrogens with one attached hydrogen (secondary N) is 1. The molecular formula is C15H10BrClN2O. The molecule has 0 fully saturated rings. The maximum absolute atomic E-state index is 12.2. The van der Waals surface area contributed by atoms with E-state index < -0.39 is 0 Å². The van der Waals surface area contributed by atoms with Gasteiger partial charge in [0.05, 0.1) is 16.8 Å². The Morgan fingerprint density at radius 2 is 2.10 bits per heavy atom. The Labute approximate surface area is 130 Å². The van der Waals surface area contributed by atoms with Crippen LogP contribution in [0.3, 0.4) is 0 Å². The zero-order chi connectivity index (χ0) is 14.7. The topological polar surface area (TPSA) is 52.9 Å². The lowest BCUT2D eigenvalue weighted by Gasteiger charge is -2.10. The molecule has 0 aliphatic carbocycles. The van der Waals surface area contributed by atoms with Crippen molar-refractivity contribution in [2.24, 2.45) is 0 Å². The summed E-state index contributed by atoms with van der Waals surface area (Å²) in [5.41, 5.74) is 2.24. The van der Waals surface area contributed by atoms with Crippen LogP contribution in [0.2, 0.25) is 5.02 Å². The zero-order valence-electron chi connectivity index (χ0n) is 10.6. The van der Waals surface area contributed by atoms with Gasteiger partial charge in [0.25, 0.3) is 5.91 Å². The van der Waals surface area contributed by atoms with E-state index in [2.05, 4.69) is 27.3 Å². The van der Waals surface area contributed by atoms with Crippen LogP contribution in [0.4, 0.5) is 5.69 Å². The fraction of sp³-hybridized carbons (Fsp3) is 0.0667. The van der Waals surface area contributed by atoms with Crippen LogP contribution in [0, 0.1) is 18.3 Å². The van der Waals surface area contributed by atoms with Crippen LogP contribution in [0.1, 0.15) is 21.5 Å². The predicted octanol–water partition coefficient (Wildman–Crippen LogP) is 4.53. The molecule has 2 rings (SSSR count). The largest absolute Gasteiger partial charge is 0.321 e. The third-order valence-electron chi connectivity index (χ3n) is 2.81. The van der Waals surface area contributed by atoms with Crippen molar-refractivity contribution in [2.75, 3.05) is 5.32 Å². The first kappa shape index (κ1) is 14.6. The SMILES string of the molecule is Cc1cccc(NC(=O)c2ccc(Cl)cc2Br)c1C#N. The lowest BCUT2D eigenvalue weighted by Crippen LogP contribution is -2.13. The van der Waals surface area contributed by atoms with Gasteiger partial charge in [0.1, 0.15) is 6.07 Å². The molecule has 100 valence electrons. The summed E-state index contributed by atoms with van der Waals surface area (Å²) >= 11 is 9.15. The van der Waals surface area contributed by atoms with Crippen LogP contribution in [0.5, 0.6) is 0 Å². The highest BCUT2D eigenvalue weighted by Crippen LogP contribution is 2.24. The van der Waals surface area contributed by atoms with E-state index in [0.29, 0.717) is 26.3 Å². The molecule has 0 heterocycles. The van der Waals surface area contributed by atoms with E-state index in [1.54, 1.807) is 30.3 Å². The van der Waals surface area contributed by atoms with Crippen LogP contribution in [-0.4, -0.2) is 5.91 Å². The number of halogens is 2. The Hall–Kier alpha value is -1.83. The highest BCUT2D eigenvalue weighted by atomic mass is 79.9. The molecule has 0 aliphatic heterocycles. The minimum absolute atomic E-state index is 0.296. The van der Waals surface area contributed by atoms with Gasteiger partial charge in [-0.25, -0.2) is 0 Å². The Kier molecular flexibility index (Phi) is 4.43. The molecule has 1 N–H and O–H groups in total. The summed E-state index contributed by atoms with van der Waals surface area (Å²) in [6, 6.07) is 12.3. The van der Waals surface area contributed by atoms with Crippen LogP contribution >= 0.6 is 27.5 Å². The van der Waals surface area contributed by atoms with Gasteiger partial charge < -0.3 is 5.32 Å². The van der Waals surface area contributed by atoms with Gasteiger partial charge in [-0.1, -0.05) is 23.7 Å². The van der Waals surface area contributed by atoms with Crippen molar-refractivity contribution in [3.8, 4) is 6.07 Å². The first-order valence-corrected chi connectivity index (χ1v) is 6.96. The van der Waals surface area contributed by atoms with E-state index in [1.807, 2.05) is 13.0 Å². The quantitative estimate of drug-likeness (QED) is 0.865. The van der Waals surface area contributed by atoms with Crippen LogP contribution in [0.15, 0.2) is 40.9 Å². The second-order valence-corrected chi connectivity index (χ2v) is 5.48. The van der Waals surface area contributed by atoms with Gasteiger partial charge in [0.15, 0.2) is 0 Å². The number of benzene rings is 2. The lowest BCUT2D eigenvalue weighted by atomic mass is 10.1. The maximum Gasteiger partial charge on any atom is 0.256 e. The number of aryl methyl sites for hydroxylation is 1. The Morgan fingerprint density at radius 1 is 1.35 bits per heavy atom. The summed E-state index contributed by atoms with van der Waals surface area (Å²) < 4.78 is 0.605. The van der Waals surface area contributed by atoms with E-state index in [9.17, 15) is 4.79 Å². The van der Waals surface area contributed by atoms with E-state index in [4.69, 9.17) is 16.9 Å². The summed E-state index contributed by atoms with van der Waals surface area (Å²) in [6.07, 6.45) is 0. The standard InChI is InChI=1S/C15H10BrClN2O/c1-9-3-2-4-14(12(9)8-18)19-15(20)11-6-5-10(17)7-13(11)16/h2-7H,1H3,(H,19,20). The molecule has 0 aromatic heterocycles. The molecule has 20 heavy (non-hydrogen) atoms. The number of carbonyl (C=O) groups excluding carboxylic acids is 1. The van der Waals surface area contributed by atoms with E-state index >= 15 is 0 Å². The average molecular weight is 350 g/mol. The third-order valence-corrected chi connectivity index (χ3v) is 3.70. The fourth-order valence-corrected chi connectivity index (χ4v) is 2.65. The predicted molar refractivity (Wildman–Crippen MR) is 83.0 cm³/mol. The van der Waals surface area contributed by atoms with E-state index in [-0.39, 0.29) is 5.91 Å². The van der Waals surface area contributed by atoms with Crippen LogP contribution in [-0.2, 0) is 0 Å². The van der Waals surface area contributed by atoms with Gasteiger partial charge in [-0.15, -0.1) is 0 Å². The molecule has 0 saturated heterocycles. The Bertz CT molecular complexity index is 722. The van der Waals surface area contributed by atoms with Gasteiger partial charge >= 0.3 is 0 Å². The molecule has 2 aromatic carbocycles. The molecule has 2 aromatic rings. The second kappa shape index (κ2) is 6.08. The van der Waals surface area contributed by atoms with Crippen molar-refractivity contribution in [1.82, 2.24) is 0 Å². The summed E-state index contributed by atoms with van der Waals surface area (Å²) in [7, 11) is 0. The van der Waals surface area contributed by atoms with Crippen molar-refractivity contribution in [3.63, 3.8) is 0 Å². The molecule has 5 heteroatoms. The Morgan fingerprint density at radius 3 is 2.75 bits per heavy atom. The minimum atomic E-state index is -0.296. The molecule has 0 bridgehead atoms. The molecule has 0 spiro atoms. The minimum Gasteiger partial charge on any atom is -0.321 e. The van der Waals surface area contributed by atoms with Gasteiger partial charge in [0, 0.05) is 9.50 Å². The normalized spacial score (nSPS) is 9.90. The third kappa shape index (κ3) is 3.01. The summed E-state index contributed by atoms with van der Waals surface area (Å²) in [6.45, 7) is 1.83. The smallest absolute Gasteiger partial charge is 0.256 e. The number of carbonyl (C=O) groups is 1. The maximum atomic E-state index is 12.2. The van der Waals surface area contributed by atoms with Gasteiger partial charge in [-0.3, -0.25) is 4.79 Å². The number of amides is 1. The molecule has 0 radical (unpaired) electrons. The molecule has 1 amide bonds. The number of nitriles is 1. The summed E-state index contributed by atoms with van der Waals surface area (Å²) in [4.78, 5) is 12.2. The molecule has 0 aliphatic rings. The number of hydrogen-bond acceptors (Lipinski definition) is 2. The van der Waals surface area contributed by atoms with Gasteiger partial charge in [0.2, 0.25) is 0 Å². The highest BCUT2D eigenvalue weighted by Gasteiger charge is 2.13. The number of nitrogens with zero attached hydrogens (tertiary/aromatic N) is 1. The van der Waals surface area contributed by atoms with Gasteiger partial charge in [-0.05, 0) is 52.7 Å². The number of hydrogen-bond donors (Lipinski definition) is 1. The molecule has 0 saturated carbocycles. The van der Waals surface area contributed by atoms with Crippen molar-refractivity contribution >= 4 is 39.1 Å². The summed E-state index contributed by atoms with van der Waals surface area (Å²) in [5.74, 6) is -0.296. The van der Waals surface area contributed by atoms with Crippen LogP contribution in [0.25, 0.3) is 0 Å². The van der Waals surface area contributed by atoms with E-state index in [1.165, 1.54) is 0 Å². The first-order valence-electron chi connectivity index (χ1n) is 5.79. The van der Waals surface area contributed by atoms with Crippen molar-refractivity contribution in [2.45, 2.75) is 6.92 Å². The zero-order valence-corrected chi connectivity index (χ0v) is 12.9. The van der Waals surface area contributed by atoms with Crippen molar-refractivity contribution in [1.29, 1.82) is 5.26 Å². The highest BCUT2D eigenvalue weighted by molar-refractivity contribution is 9.10. The fourth-order valence-electron chi connectivity index (χ4n) is 1.78. The van der Waals surface area contributed by atoms with Crippen LogP contribution < -0.4 is 5.32 Å². The monoisotopic (exact) mass is 348 g/mol. The van der Waals surface area contributed by atoms with E-state index in [0.717, 1.165) is 5.56 Å². The summed E-state index contributed by atoms with van der Waals surface area (Å²) in [5, 5.41) is 12.4. The molecular weight excluding hydrogens is 340 g/mol. The van der Waals surface area contributed by atoms with Crippen molar-refractivity contribution in [3.05, 3.63) is 62.6 Å². The van der Waals surface area contributed by atoms with Crippen molar-refractivity contribution < 1.29 is 4.79 Å². The molecule has 0 unspecified atom stereocenters. The first-order chi connectivity index (χ1) is 9.52. The molecule has 0 atom stereocenters. The Balaban J connectivity index is 2.33.